The van der Waals surface area contributed by atoms with Crippen LogP contribution in [0.1, 0.15) is 0 Å². The number of aromatic hydroxyl groups is 1. The maximum Gasteiger partial charge on any atom is 0.323 e. The lowest BCUT2D eigenvalue weighted by Gasteiger charge is -2.35. The largest absolute Gasteiger partial charge is 0.508 e. The van der Waals surface area contributed by atoms with Crippen LogP contribution >= 0.6 is 11.3 Å². The van der Waals surface area contributed by atoms with E-state index in [1.54, 1.807) is 17.0 Å². The van der Waals surface area contributed by atoms with Gasteiger partial charge in [-0.3, -0.25) is 5.32 Å². The first-order valence-electron chi connectivity index (χ1n) is 8.14. The minimum Gasteiger partial charge on any atom is -0.508 e. The van der Waals surface area contributed by atoms with Crippen molar-refractivity contribution in [2.45, 2.75) is 0 Å². The summed E-state index contributed by atoms with van der Waals surface area (Å²) >= 11 is 1.48. The summed E-state index contributed by atoms with van der Waals surface area (Å²) in [5.41, 5.74) is 1.88. The molecule has 1 aromatic heterocycles. The van der Waals surface area contributed by atoms with Crippen molar-refractivity contribution in [2.24, 2.45) is 0 Å². The molecule has 6 nitrogen and oxygen atoms in total. The van der Waals surface area contributed by atoms with E-state index in [2.05, 4.69) is 15.2 Å². The Labute approximate surface area is 149 Å². The number of para-hydroxylation sites is 1. The van der Waals surface area contributed by atoms with Gasteiger partial charge in [0, 0.05) is 37.9 Å². The maximum absolute atomic E-state index is 12.5. The molecular weight excluding hydrogens is 336 g/mol. The van der Waals surface area contributed by atoms with Gasteiger partial charge in [0.25, 0.3) is 0 Å². The molecule has 0 bridgehead atoms. The molecule has 7 heteroatoms. The van der Waals surface area contributed by atoms with Crippen molar-refractivity contribution in [3.63, 3.8) is 0 Å². The number of nitrogens with one attached hydrogen (secondary N) is 1. The highest BCUT2D eigenvalue weighted by molar-refractivity contribution is 7.22. The number of hydrogen-bond acceptors (Lipinski definition) is 5. The molecule has 25 heavy (non-hydrogen) atoms. The second-order valence-electron chi connectivity index (χ2n) is 5.91. The van der Waals surface area contributed by atoms with E-state index in [1.807, 2.05) is 36.4 Å². The number of phenolic OH excluding ortho intramolecular Hbond substituents is 1. The van der Waals surface area contributed by atoms with Crippen LogP contribution in [0.4, 0.5) is 15.6 Å². The van der Waals surface area contributed by atoms with Gasteiger partial charge in [-0.1, -0.05) is 29.5 Å². The number of urea groups is 1. The lowest BCUT2D eigenvalue weighted by atomic mass is 10.2. The number of aromatic nitrogens is 1. The number of piperazine rings is 1. The molecular formula is C18H18N4O2S. The highest BCUT2D eigenvalue weighted by Crippen LogP contribution is 2.26. The predicted octanol–water partition coefficient (Wildman–Crippen LogP) is 3.36. The molecule has 2 N–H and O–H groups in total. The standard InChI is InChI=1S/C18H18N4O2S/c23-14-5-3-4-13(12-14)21-8-10-22(11-9-21)18(24)20-17-19-15-6-1-2-7-16(15)25-17/h1-7,12,23H,8-11H2,(H,19,20,24). The van der Waals surface area contributed by atoms with E-state index in [1.165, 1.54) is 11.3 Å². The number of benzene rings is 2. The second kappa shape index (κ2) is 6.60. The summed E-state index contributed by atoms with van der Waals surface area (Å²) in [4.78, 5) is 20.9. The summed E-state index contributed by atoms with van der Waals surface area (Å²) < 4.78 is 1.06. The molecule has 1 saturated heterocycles. The number of hydrogen-bond donors (Lipinski definition) is 2. The average Bonchev–Trinajstić information content (AvgIpc) is 3.04. The minimum atomic E-state index is -0.116. The molecule has 2 heterocycles. The molecule has 128 valence electrons. The van der Waals surface area contributed by atoms with Crippen LogP contribution in [0.15, 0.2) is 48.5 Å². The summed E-state index contributed by atoms with van der Waals surface area (Å²) in [6, 6.07) is 14.9. The lowest BCUT2D eigenvalue weighted by molar-refractivity contribution is 0.208. The molecule has 2 amide bonds. The number of rotatable bonds is 2. The Morgan fingerprint density at radius 2 is 1.88 bits per heavy atom. The van der Waals surface area contributed by atoms with E-state index < -0.39 is 0 Å². The number of anilines is 2. The molecule has 1 aliphatic heterocycles. The van der Waals surface area contributed by atoms with Crippen LogP contribution < -0.4 is 10.2 Å². The molecule has 1 aliphatic rings. The van der Waals surface area contributed by atoms with Crippen LogP contribution in [-0.4, -0.2) is 47.2 Å². The Balaban J connectivity index is 1.37. The topological polar surface area (TPSA) is 68.7 Å². The number of fused-ring (bicyclic) bond motifs is 1. The van der Waals surface area contributed by atoms with Crippen molar-refractivity contribution in [3.05, 3.63) is 48.5 Å². The molecule has 4 rings (SSSR count). The minimum absolute atomic E-state index is 0.116. The fraction of sp³-hybridized carbons (Fsp3) is 0.222. The SMILES string of the molecule is O=C(Nc1nc2ccccc2s1)N1CCN(c2cccc(O)c2)CC1. The predicted molar refractivity (Wildman–Crippen MR) is 101 cm³/mol. The van der Waals surface area contributed by atoms with Crippen LogP contribution in [0, 0.1) is 0 Å². The monoisotopic (exact) mass is 354 g/mol. The summed E-state index contributed by atoms with van der Waals surface area (Å²) in [6.45, 7) is 2.73. The van der Waals surface area contributed by atoms with Gasteiger partial charge in [0.15, 0.2) is 5.13 Å². The Morgan fingerprint density at radius 3 is 2.64 bits per heavy atom. The van der Waals surface area contributed by atoms with E-state index in [-0.39, 0.29) is 11.8 Å². The van der Waals surface area contributed by atoms with Gasteiger partial charge >= 0.3 is 6.03 Å². The first-order valence-corrected chi connectivity index (χ1v) is 8.96. The Hall–Kier alpha value is -2.80. The van der Waals surface area contributed by atoms with Crippen LogP contribution in [0.3, 0.4) is 0 Å². The molecule has 0 aliphatic carbocycles. The highest BCUT2D eigenvalue weighted by atomic mass is 32.1. The average molecular weight is 354 g/mol. The number of carbonyl (C=O) groups excluding carboxylic acids is 1. The highest BCUT2D eigenvalue weighted by Gasteiger charge is 2.22. The Bertz CT molecular complexity index is 870. The van der Waals surface area contributed by atoms with Gasteiger partial charge in [0.1, 0.15) is 5.75 Å². The van der Waals surface area contributed by atoms with Gasteiger partial charge < -0.3 is 14.9 Å². The molecule has 0 radical (unpaired) electrons. The van der Waals surface area contributed by atoms with Gasteiger partial charge in [-0.2, -0.15) is 0 Å². The summed E-state index contributed by atoms with van der Waals surface area (Å²) in [5, 5.41) is 13.1. The zero-order valence-electron chi connectivity index (χ0n) is 13.6. The van der Waals surface area contributed by atoms with E-state index in [4.69, 9.17) is 0 Å². The van der Waals surface area contributed by atoms with Gasteiger partial charge in [-0.25, -0.2) is 9.78 Å². The smallest absolute Gasteiger partial charge is 0.323 e. The summed E-state index contributed by atoms with van der Waals surface area (Å²) in [6.07, 6.45) is 0. The van der Waals surface area contributed by atoms with Crippen molar-refractivity contribution in [1.82, 2.24) is 9.88 Å². The zero-order valence-corrected chi connectivity index (χ0v) is 14.4. The maximum atomic E-state index is 12.5. The van der Waals surface area contributed by atoms with E-state index >= 15 is 0 Å². The van der Waals surface area contributed by atoms with Crippen LogP contribution in [-0.2, 0) is 0 Å². The van der Waals surface area contributed by atoms with Crippen LogP contribution in [0.2, 0.25) is 0 Å². The first-order chi connectivity index (χ1) is 12.2. The molecule has 0 unspecified atom stereocenters. The number of phenols is 1. The third-order valence-corrected chi connectivity index (χ3v) is 5.22. The lowest BCUT2D eigenvalue weighted by Crippen LogP contribution is -2.50. The molecule has 3 aromatic rings. The van der Waals surface area contributed by atoms with E-state index in [9.17, 15) is 9.90 Å². The molecule has 0 spiro atoms. The number of amides is 2. The van der Waals surface area contributed by atoms with Crippen molar-refractivity contribution in [2.75, 3.05) is 36.4 Å². The number of thiazole rings is 1. The first kappa shape index (κ1) is 15.7. The molecule has 2 aromatic carbocycles. The van der Waals surface area contributed by atoms with Crippen molar-refractivity contribution >= 4 is 38.4 Å². The van der Waals surface area contributed by atoms with Crippen LogP contribution in [0.5, 0.6) is 5.75 Å². The van der Waals surface area contributed by atoms with Gasteiger partial charge in [0.05, 0.1) is 10.2 Å². The fourth-order valence-electron chi connectivity index (χ4n) is 2.95. The zero-order chi connectivity index (χ0) is 17.2. The molecule has 0 saturated carbocycles. The Kier molecular flexibility index (Phi) is 4.15. The summed E-state index contributed by atoms with van der Waals surface area (Å²) in [7, 11) is 0. The normalized spacial score (nSPS) is 14.7. The molecule has 0 atom stereocenters. The van der Waals surface area contributed by atoms with Crippen molar-refractivity contribution < 1.29 is 9.90 Å². The molecule has 1 fully saturated rings. The third-order valence-electron chi connectivity index (χ3n) is 4.27. The number of carbonyl (C=O) groups is 1. The number of nitrogens with zero attached hydrogens (tertiary/aromatic N) is 3. The van der Waals surface area contributed by atoms with Gasteiger partial charge in [-0.05, 0) is 24.3 Å². The van der Waals surface area contributed by atoms with E-state index in [0.717, 1.165) is 29.0 Å². The van der Waals surface area contributed by atoms with Crippen LogP contribution in [0.25, 0.3) is 10.2 Å². The Morgan fingerprint density at radius 1 is 1.08 bits per heavy atom. The quantitative estimate of drug-likeness (QED) is 0.740. The van der Waals surface area contributed by atoms with Gasteiger partial charge in [0.2, 0.25) is 0 Å². The van der Waals surface area contributed by atoms with Crippen molar-refractivity contribution in [3.8, 4) is 5.75 Å². The fourth-order valence-corrected chi connectivity index (χ4v) is 3.81. The summed E-state index contributed by atoms with van der Waals surface area (Å²) in [5.74, 6) is 0.258. The van der Waals surface area contributed by atoms with Gasteiger partial charge in [-0.15, -0.1) is 0 Å². The third kappa shape index (κ3) is 3.36. The van der Waals surface area contributed by atoms with Crippen molar-refractivity contribution in [1.29, 1.82) is 0 Å². The van der Waals surface area contributed by atoms with E-state index in [0.29, 0.717) is 18.2 Å². The second-order valence-corrected chi connectivity index (χ2v) is 6.94.